The molecular weight excluding hydrogens is 436 g/mol. The SMILES string of the molecule is COc1ccc(-c2csc(NC(=O)CCCS(=O)(=O)Cc3ccccc3)n2)c(OC)c1. The van der Waals surface area contributed by atoms with Crippen molar-refractivity contribution in [1.82, 2.24) is 4.98 Å². The van der Waals surface area contributed by atoms with Gasteiger partial charge in [0.25, 0.3) is 0 Å². The van der Waals surface area contributed by atoms with Gasteiger partial charge in [-0.2, -0.15) is 0 Å². The number of nitrogens with one attached hydrogen (secondary N) is 1. The van der Waals surface area contributed by atoms with Crippen molar-refractivity contribution in [3.8, 4) is 22.8 Å². The maximum Gasteiger partial charge on any atom is 0.226 e. The monoisotopic (exact) mass is 460 g/mol. The zero-order chi connectivity index (χ0) is 22.3. The van der Waals surface area contributed by atoms with E-state index in [1.54, 1.807) is 32.4 Å². The van der Waals surface area contributed by atoms with Crippen molar-refractivity contribution >= 4 is 32.2 Å². The lowest BCUT2D eigenvalue weighted by Crippen LogP contribution is -2.15. The number of anilines is 1. The molecule has 0 aliphatic heterocycles. The molecular formula is C22H24N2O5S2. The zero-order valence-electron chi connectivity index (χ0n) is 17.3. The number of rotatable bonds is 10. The van der Waals surface area contributed by atoms with Crippen LogP contribution >= 0.6 is 11.3 Å². The average molecular weight is 461 g/mol. The molecule has 31 heavy (non-hydrogen) atoms. The maximum absolute atomic E-state index is 12.2. The maximum atomic E-state index is 12.2. The molecule has 3 aromatic rings. The fourth-order valence-corrected chi connectivity index (χ4v) is 5.16. The first-order valence-electron chi connectivity index (χ1n) is 9.62. The normalized spacial score (nSPS) is 11.2. The molecule has 1 aromatic heterocycles. The largest absolute Gasteiger partial charge is 0.497 e. The lowest BCUT2D eigenvalue weighted by molar-refractivity contribution is -0.116. The molecule has 0 atom stereocenters. The minimum Gasteiger partial charge on any atom is -0.497 e. The third-order valence-electron chi connectivity index (χ3n) is 4.52. The third-order valence-corrected chi connectivity index (χ3v) is 6.97. The first-order valence-corrected chi connectivity index (χ1v) is 12.3. The number of sulfone groups is 1. The van der Waals surface area contributed by atoms with Crippen LogP contribution in [0.25, 0.3) is 11.3 Å². The van der Waals surface area contributed by atoms with Crippen LogP contribution in [-0.2, 0) is 20.4 Å². The van der Waals surface area contributed by atoms with Crippen LogP contribution in [0.15, 0.2) is 53.9 Å². The van der Waals surface area contributed by atoms with Crippen molar-refractivity contribution in [3.05, 3.63) is 59.5 Å². The number of thiazole rings is 1. The number of methoxy groups -OCH3 is 2. The van der Waals surface area contributed by atoms with Gasteiger partial charge in [0.05, 0.1) is 31.4 Å². The van der Waals surface area contributed by atoms with Crippen molar-refractivity contribution in [3.63, 3.8) is 0 Å². The highest BCUT2D eigenvalue weighted by Gasteiger charge is 2.15. The van der Waals surface area contributed by atoms with Crippen LogP contribution in [0.1, 0.15) is 18.4 Å². The summed E-state index contributed by atoms with van der Waals surface area (Å²) in [5, 5.41) is 5.01. The average Bonchev–Trinajstić information content (AvgIpc) is 3.21. The van der Waals surface area contributed by atoms with E-state index < -0.39 is 9.84 Å². The Bertz CT molecular complexity index is 1130. The summed E-state index contributed by atoms with van der Waals surface area (Å²) in [6.07, 6.45) is 0.361. The van der Waals surface area contributed by atoms with Gasteiger partial charge in [-0.1, -0.05) is 30.3 Å². The first-order chi connectivity index (χ1) is 14.9. The van der Waals surface area contributed by atoms with Crippen molar-refractivity contribution < 1.29 is 22.7 Å². The summed E-state index contributed by atoms with van der Waals surface area (Å²) in [4.78, 5) is 16.7. The Labute approximate surface area is 186 Å². The quantitative estimate of drug-likeness (QED) is 0.488. The second-order valence-electron chi connectivity index (χ2n) is 6.83. The minimum absolute atomic E-state index is 0.0189. The number of ether oxygens (including phenoxy) is 2. The lowest BCUT2D eigenvalue weighted by atomic mass is 10.1. The summed E-state index contributed by atoms with van der Waals surface area (Å²) < 4.78 is 35.1. The number of carbonyl (C=O) groups is 1. The van der Waals surface area contributed by atoms with Crippen LogP contribution in [0, 0.1) is 0 Å². The summed E-state index contributed by atoms with van der Waals surface area (Å²) in [6.45, 7) is 0. The Morgan fingerprint density at radius 1 is 1.10 bits per heavy atom. The van der Waals surface area contributed by atoms with Crippen molar-refractivity contribution in [2.75, 3.05) is 25.3 Å². The van der Waals surface area contributed by atoms with Gasteiger partial charge in [0.2, 0.25) is 5.91 Å². The highest BCUT2D eigenvalue weighted by molar-refractivity contribution is 7.90. The van der Waals surface area contributed by atoms with Crippen LogP contribution in [0.3, 0.4) is 0 Å². The van der Waals surface area contributed by atoms with E-state index in [9.17, 15) is 13.2 Å². The van der Waals surface area contributed by atoms with Gasteiger partial charge >= 0.3 is 0 Å². The van der Waals surface area contributed by atoms with Gasteiger partial charge in [-0.05, 0) is 24.1 Å². The van der Waals surface area contributed by atoms with Crippen molar-refractivity contribution in [1.29, 1.82) is 0 Å². The number of aromatic nitrogens is 1. The molecule has 0 aliphatic carbocycles. The fraction of sp³-hybridized carbons (Fsp3) is 0.273. The fourth-order valence-electron chi connectivity index (χ4n) is 3.00. The van der Waals surface area contributed by atoms with E-state index in [1.807, 2.05) is 35.7 Å². The molecule has 9 heteroatoms. The summed E-state index contributed by atoms with van der Waals surface area (Å²) in [5.41, 5.74) is 2.20. The molecule has 0 unspecified atom stereocenters. The van der Waals surface area contributed by atoms with E-state index in [-0.39, 0.29) is 30.3 Å². The second kappa shape index (κ2) is 10.4. The van der Waals surface area contributed by atoms with Gasteiger partial charge < -0.3 is 14.8 Å². The van der Waals surface area contributed by atoms with Gasteiger partial charge in [-0.3, -0.25) is 4.79 Å². The van der Waals surface area contributed by atoms with Crippen LogP contribution in [0.2, 0.25) is 0 Å². The van der Waals surface area contributed by atoms with E-state index in [0.717, 1.165) is 11.1 Å². The molecule has 0 fully saturated rings. The molecule has 0 spiro atoms. The zero-order valence-corrected chi connectivity index (χ0v) is 19.0. The lowest BCUT2D eigenvalue weighted by Gasteiger charge is -2.08. The topological polar surface area (TPSA) is 94.6 Å². The number of nitrogens with zero attached hydrogens (tertiary/aromatic N) is 1. The first kappa shape index (κ1) is 22.8. The van der Waals surface area contributed by atoms with Gasteiger partial charge in [0, 0.05) is 23.4 Å². The molecule has 164 valence electrons. The van der Waals surface area contributed by atoms with Crippen molar-refractivity contribution in [2.24, 2.45) is 0 Å². The molecule has 0 radical (unpaired) electrons. The van der Waals surface area contributed by atoms with E-state index in [1.165, 1.54) is 11.3 Å². The van der Waals surface area contributed by atoms with Gasteiger partial charge in [0.1, 0.15) is 11.5 Å². The van der Waals surface area contributed by atoms with Crippen LogP contribution in [-0.4, -0.2) is 39.3 Å². The van der Waals surface area contributed by atoms with Crippen LogP contribution in [0.4, 0.5) is 5.13 Å². The predicted molar refractivity (Wildman–Crippen MR) is 122 cm³/mol. The Morgan fingerprint density at radius 3 is 2.58 bits per heavy atom. The van der Waals surface area contributed by atoms with E-state index in [2.05, 4.69) is 10.3 Å². The summed E-state index contributed by atoms with van der Waals surface area (Å²) >= 11 is 1.29. The standard InChI is InChI=1S/C22H24N2O5S2/c1-28-17-10-11-18(20(13-17)29-2)19-14-30-22(23-19)24-21(25)9-6-12-31(26,27)15-16-7-4-3-5-8-16/h3-5,7-8,10-11,13-14H,6,9,12,15H2,1-2H3,(H,23,24,25). The molecule has 1 amide bonds. The Kier molecular flexibility index (Phi) is 7.64. The highest BCUT2D eigenvalue weighted by atomic mass is 32.2. The van der Waals surface area contributed by atoms with Gasteiger partial charge in [0.15, 0.2) is 15.0 Å². The Hall–Kier alpha value is -2.91. The third kappa shape index (κ3) is 6.53. The van der Waals surface area contributed by atoms with E-state index in [4.69, 9.17) is 9.47 Å². The molecule has 0 saturated heterocycles. The summed E-state index contributed by atoms with van der Waals surface area (Å²) in [7, 11) is -0.116. The molecule has 7 nitrogen and oxygen atoms in total. The number of hydrogen-bond acceptors (Lipinski definition) is 7. The number of amides is 1. The van der Waals surface area contributed by atoms with Gasteiger partial charge in [-0.25, -0.2) is 13.4 Å². The minimum atomic E-state index is -3.27. The molecule has 3 rings (SSSR count). The summed E-state index contributed by atoms with van der Waals surface area (Å²) in [6, 6.07) is 14.4. The second-order valence-corrected chi connectivity index (χ2v) is 9.88. The number of carbonyl (C=O) groups excluding carboxylic acids is 1. The molecule has 2 aromatic carbocycles. The van der Waals surface area contributed by atoms with Crippen molar-refractivity contribution in [2.45, 2.75) is 18.6 Å². The molecule has 0 bridgehead atoms. The Balaban J connectivity index is 1.53. The Morgan fingerprint density at radius 2 is 1.87 bits per heavy atom. The predicted octanol–water partition coefficient (Wildman–Crippen LogP) is 4.16. The molecule has 0 saturated carbocycles. The molecule has 1 N–H and O–H groups in total. The van der Waals surface area contributed by atoms with E-state index >= 15 is 0 Å². The summed E-state index contributed by atoms with van der Waals surface area (Å²) in [5.74, 6) is 0.964. The smallest absolute Gasteiger partial charge is 0.226 e. The van der Waals surface area contributed by atoms with Crippen LogP contribution in [0.5, 0.6) is 11.5 Å². The molecule has 1 heterocycles. The number of hydrogen-bond donors (Lipinski definition) is 1. The number of benzene rings is 2. The highest BCUT2D eigenvalue weighted by Crippen LogP contribution is 2.34. The van der Waals surface area contributed by atoms with Crippen LogP contribution < -0.4 is 14.8 Å². The van der Waals surface area contributed by atoms with Gasteiger partial charge in [-0.15, -0.1) is 11.3 Å². The molecule has 0 aliphatic rings. The van der Waals surface area contributed by atoms with E-state index in [0.29, 0.717) is 22.3 Å².